The van der Waals surface area contributed by atoms with Gasteiger partial charge in [0.15, 0.2) is 0 Å². The Morgan fingerprint density at radius 1 is 0.969 bits per heavy atom. The molecule has 6 nitrogen and oxygen atoms in total. The number of hydrogen-bond acceptors (Lipinski definition) is 6. The number of methoxy groups -OCH3 is 1. The van der Waals surface area contributed by atoms with Crippen molar-refractivity contribution in [2.24, 2.45) is 0 Å². The molecule has 0 atom stereocenters. The smallest absolute Gasteiger partial charge is 0.339 e. The monoisotopic (exact) mass is 471 g/mol. The number of esters is 1. The zero-order valence-electron chi connectivity index (χ0n) is 17.4. The standard InChI is InChI=1S/C24H22ClNO5S/c1-29-18-8-6-7-17(15-18)26-23(27)16-32-22-12-5-2-9-19(22)24(28)31-14-13-30-21-11-4-3-10-20(21)25/h2-12,15H,13-14,16H2,1H3,(H,26,27). The van der Waals surface area contributed by atoms with Crippen LogP contribution in [0.15, 0.2) is 77.7 Å². The number of nitrogens with one attached hydrogen (secondary N) is 1. The first-order chi connectivity index (χ1) is 15.6. The van der Waals surface area contributed by atoms with Gasteiger partial charge in [0, 0.05) is 16.6 Å². The van der Waals surface area contributed by atoms with Gasteiger partial charge in [-0.2, -0.15) is 0 Å². The van der Waals surface area contributed by atoms with Crippen molar-refractivity contribution in [2.45, 2.75) is 4.90 Å². The van der Waals surface area contributed by atoms with Gasteiger partial charge in [0.2, 0.25) is 5.91 Å². The van der Waals surface area contributed by atoms with Gasteiger partial charge in [-0.05, 0) is 36.4 Å². The highest BCUT2D eigenvalue weighted by atomic mass is 35.5. The normalized spacial score (nSPS) is 10.3. The summed E-state index contributed by atoms with van der Waals surface area (Å²) in [5, 5.41) is 3.31. The van der Waals surface area contributed by atoms with Gasteiger partial charge in [0.1, 0.15) is 24.7 Å². The van der Waals surface area contributed by atoms with Gasteiger partial charge in [0.25, 0.3) is 0 Å². The summed E-state index contributed by atoms with van der Waals surface area (Å²) in [6.45, 7) is 0.243. The fourth-order valence-electron chi connectivity index (χ4n) is 2.73. The highest BCUT2D eigenvalue weighted by Gasteiger charge is 2.14. The lowest BCUT2D eigenvalue weighted by molar-refractivity contribution is -0.113. The Hall–Kier alpha value is -3.16. The highest BCUT2D eigenvalue weighted by Crippen LogP contribution is 2.25. The van der Waals surface area contributed by atoms with Crippen molar-refractivity contribution in [1.29, 1.82) is 0 Å². The van der Waals surface area contributed by atoms with Crippen LogP contribution < -0.4 is 14.8 Å². The van der Waals surface area contributed by atoms with Crippen molar-refractivity contribution in [3.05, 3.63) is 83.4 Å². The average molecular weight is 472 g/mol. The van der Waals surface area contributed by atoms with E-state index in [0.717, 1.165) is 0 Å². The molecule has 1 N–H and O–H groups in total. The second kappa shape index (κ2) is 12.0. The van der Waals surface area contributed by atoms with Crippen LogP contribution in [0.5, 0.6) is 11.5 Å². The lowest BCUT2D eigenvalue weighted by atomic mass is 10.2. The first-order valence-corrected chi connectivity index (χ1v) is 11.1. The van der Waals surface area contributed by atoms with Gasteiger partial charge in [-0.3, -0.25) is 4.79 Å². The van der Waals surface area contributed by atoms with Crippen LogP contribution in [0.3, 0.4) is 0 Å². The zero-order valence-corrected chi connectivity index (χ0v) is 18.9. The van der Waals surface area contributed by atoms with E-state index in [4.69, 9.17) is 25.8 Å². The third kappa shape index (κ3) is 6.93. The molecule has 0 unspecified atom stereocenters. The minimum absolute atomic E-state index is 0.0688. The molecule has 0 spiro atoms. The van der Waals surface area contributed by atoms with Crippen LogP contribution in [-0.2, 0) is 9.53 Å². The summed E-state index contributed by atoms with van der Waals surface area (Å²) in [6.07, 6.45) is 0. The number of anilines is 1. The number of benzene rings is 3. The molecule has 0 bridgehead atoms. The maximum absolute atomic E-state index is 12.5. The van der Waals surface area contributed by atoms with Crippen molar-refractivity contribution in [3.63, 3.8) is 0 Å². The number of thioether (sulfide) groups is 1. The van der Waals surface area contributed by atoms with Crippen molar-refractivity contribution in [3.8, 4) is 11.5 Å². The SMILES string of the molecule is COc1cccc(NC(=O)CSc2ccccc2C(=O)OCCOc2ccccc2Cl)c1. The molecule has 0 saturated heterocycles. The minimum atomic E-state index is -0.482. The van der Waals surface area contributed by atoms with Gasteiger partial charge in [-0.15, -0.1) is 11.8 Å². The summed E-state index contributed by atoms with van der Waals surface area (Å²) in [7, 11) is 1.57. The van der Waals surface area contributed by atoms with Gasteiger partial charge in [0.05, 0.1) is 23.4 Å². The molecule has 0 heterocycles. The molecule has 3 aromatic rings. The molecule has 3 aromatic carbocycles. The van der Waals surface area contributed by atoms with E-state index in [1.54, 1.807) is 73.8 Å². The molecule has 0 aliphatic rings. The van der Waals surface area contributed by atoms with E-state index in [1.165, 1.54) is 11.8 Å². The van der Waals surface area contributed by atoms with E-state index in [1.807, 2.05) is 6.07 Å². The largest absolute Gasteiger partial charge is 0.497 e. The Morgan fingerprint density at radius 2 is 1.75 bits per heavy atom. The van der Waals surface area contributed by atoms with E-state index in [-0.39, 0.29) is 24.9 Å². The van der Waals surface area contributed by atoms with E-state index < -0.39 is 5.97 Å². The summed E-state index contributed by atoms with van der Waals surface area (Å²) in [6, 6.07) is 21.2. The summed E-state index contributed by atoms with van der Waals surface area (Å²) in [5.41, 5.74) is 1.03. The summed E-state index contributed by atoms with van der Waals surface area (Å²) >= 11 is 7.29. The summed E-state index contributed by atoms with van der Waals surface area (Å²) in [5.74, 6) is 0.644. The third-order valence-electron chi connectivity index (χ3n) is 4.23. The number of carbonyl (C=O) groups is 2. The van der Waals surface area contributed by atoms with Crippen LogP contribution in [-0.4, -0.2) is 38.0 Å². The van der Waals surface area contributed by atoms with Crippen molar-refractivity contribution < 1.29 is 23.8 Å². The van der Waals surface area contributed by atoms with Crippen LogP contribution >= 0.6 is 23.4 Å². The number of hydrogen-bond donors (Lipinski definition) is 1. The lowest BCUT2D eigenvalue weighted by Crippen LogP contribution is -2.15. The maximum atomic E-state index is 12.5. The Morgan fingerprint density at radius 3 is 2.56 bits per heavy atom. The Bertz CT molecular complexity index is 1080. The summed E-state index contributed by atoms with van der Waals surface area (Å²) < 4.78 is 16.0. The number of rotatable bonds is 10. The zero-order chi connectivity index (χ0) is 22.8. The Kier molecular flexibility index (Phi) is 8.83. The van der Waals surface area contributed by atoms with E-state index in [0.29, 0.717) is 32.7 Å². The molecule has 32 heavy (non-hydrogen) atoms. The average Bonchev–Trinajstić information content (AvgIpc) is 2.81. The fourth-order valence-corrected chi connectivity index (χ4v) is 3.76. The highest BCUT2D eigenvalue weighted by molar-refractivity contribution is 8.00. The van der Waals surface area contributed by atoms with Gasteiger partial charge in [-0.1, -0.05) is 41.9 Å². The molecule has 0 aliphatic carbocycles. The molecule has 1 amide bonds. The molecular weight excluding hydrogens is 450 g/mol. The minimum Gasteiger partial charge on any atom is -0.497 e. The van der Waals surface area contributed by atoms with Gasteiger partial charge < -0.3 is 19.5 Å². The molecule has 0 saturated carbocycles. The van der Waals surface area contributed by atoms with Crippen LogP contribution in [0.2, 0.25) is 5.02 Å². The fraction of sp³-hybridized carbons (Fsp3) is 0.167. The topological polar surface area (TPSA) is 73.9 Å². The Labute approximate surface area is 195 Å². The van der Waals surface area contributed by atoms with E-state index in [2.05, 4.69) is 5.32 Å². The number of para-hydroxylation sites is 1. The third-order valence-corrected chi connectivity index (χ3v) is 5.62. The van der Waals surface area contributed by atoms with Crippen LogP contribution in [0.4, 0.5) is 5.69 Å². The number of halogens is 1. The maximum Gasteiger partial charge on any atom is 0.339 e. The molecule has 0 aromatic heterocycles. The van der Waals surface area contributed by atoms with Gasteiger partial charge in [-0.25, -0.2) is 4.79 Å². The lowest BCUT2D eigenvalue weighted by Gasteiger charge is -2.11. The van der Waals surface area contributed by atoms with Crippen molar-refractivity contribution >= 4 is 40.9 Å². The quantitative estimate of drug-likeness (QED) is 0.245. The molecule has 3 rings (SSSR count). The van der Waals surface area contributed by atoms with Crippen molar-refractivity contribution in [1.82, 2.24) is 0 Å². The second-order valence-corrected chi connectivity index (χ2v) is 7.90. The predicted octanol–water partition coefficient (Wildman–Crippen LogP) is 5.32. The number of carbonyl (C=O) groups excluding carboxylic acids is 2. The van der Waals surface area contributed by atoms with Crippen LogP contribution in [0, 0.1) is 0 Å². The molecule has 0 fully saturated rings. The van der Waals surface area contributed by atoms with Gasteiger partial charge >= 0.3 is 5.97 Å². The van der Waals surface area contributed by atoms with Crippen molar-refractivity contribution in [2.75, 3.05) is 31.4 Å². The summed E-state index contributed by atoms with van der Waals surface area (Å²) in [4.78, 5) is 25.5. The number of amides is 1. The first kappa shape index (κ1) is 23.5. The second-order valence-electron chi connectivity index (χ2n) is 6.48. The molecule has 8 heteroatoms. The van der Waals surface area contributed by atoms with E-state index >= 15 is 0 Å². The Balaban J connectivity index is 1.50. The molecule has 166 valence electrons. The number of ether oxygens (including phenoxy) is 3. The van der Waals surface area contributed by atoms with E-state index in [9.17, 15) is 9.59 Å². The molecule has 0 radical (unpaired) electrons. The van der Waals surface area contributed by atoms with Crippen LogP contribution in [0.25, 0.3) is 0 Å². The first-order valence-electron chi connectivity index (χ1n) is 9.77. The molecule has 0 aliphatic heterocycles. The predicted molar refractivity (Wildman–Crippen MR) is 126 cm³/mol. The molecular formula is C24H22ClNO5S. The van der Waals surface area contributed by atoms with Crippen LogP contribution in [0.1, 0.15) is 10.4 Å².